The quantitative estimate of drug-likeness (QED) is 0.256. The highest BCUT2D eigenvalue weighted by atomic mass is 16.4. The van der Waals surface area contributed by atoms with E-state index in [9.17, 15) is 5.21 Å². The minimum atomic E-state index is 0.910. The lowest BCUT2D eigenvalue weighted by Gasteiger charge is -1.93. The molecule has 0 aromatic rings. The zero-order valence-corrected chi connectivity index (χ0v) is 6.73. The summed E-state index contributed by atoms with van der Waals surface area (Å²) in [5.41, 5.74) is 0. The van der Waals surface area contributed by atoms with E-state index in [-0.39, 0.29) is 0 Å². The van der Waals surface area contributed by atoms with Crippen LogP contribution < -0.4 is 5.16 Å². The van der Waals surface area contributed by atoms with E-state index in [0.717, 1.165) is 12.8 Å². The SMILES string of the molecule is CCCCCCCC=[NH+][O-]. The van der Waals surface area contributed by atoms with Crippen molar-refractivity contribution < 1.29 is 5.16 Å². The largest absolute Gasteiger partial charge is 0.626 e. The number of rotatable bonds is 6. The molecule has 60 valence electrons. The molecule has 1 N–H and O–H groups in total. The van der Waals surface area contributed by atoms with Gasteiger partial charge in [-0.05, 0) is 6.42 Å². The maximum absolute atomic E-state index is 9.71. The Hall–Kier alpha value is -0.530. The highest BCUT2D eigenvalue weighted by Crippen LogP contribution is 2.02. The van der Waals surface area contributed by atoms with E-state index in [1.54, 1.807) is 11.4 Å². The van der Waals surface area contributed by atoms with E-state index < -0.39 is 0 Å². The maximum atomic E-state index is 9.71. The fourth-order valence-electron chi connectivity index (χ4n) is 0.909. The molecule has 0 bridgehead atoms. The third-order valence-corrected chi connectivity index (χ3v) is 1.54. The average molecular weight is 143 g/mol. The van der Waals surface area contributed by atoms with Crippen molar-refractivity contribution in [1.29, 1.82) is 0 Å². The van der Waals surface area contributed by atoms with Crippen molar-refractivity contribution in [1.82, 2.24) is 0 Å². The van der Waals surface area contributed by atoms with E-state index in [4.69, 9.17) is 0 Å². The van der Waals surface area contributed by atoms with Crippen LogP contribution in [0.3, 0.4) is 0 Å². The smallest absolute Gasteiger partial charge is 0.148 e. The summed E-state index contributed by atoms with van der Waals surface area (Å²) in [6.45, 7) is 2.20. The van der Waals surface area contributed by atoms with E-state index in [1.807, 2.05) is 0 Å². The first-order valence-electron chi connectivity index (χ1n) is 4.11. The monoisotopic (exact) mass is 143 g/mol. The summed E-state index contributed by atoms with van der Waals surface area (Å²) in [5, 5.41) is 11.5. The average Bonchev–Trinajstić information content (AvgIpc) is 1.97. The Balaban J connectivity index is 2.77. The van der Waals surface area contributed by atoms with Crippen molar-refractivity contribution in [2.75, 3.05) is 0 Å². The Labute approximate surface area is 62.9 Å². The number of unbranched alkanes of at least 4 members (excludes halogenated alkanes) is 5. The van der Waals surface area contributed by atoms with Gasteiger partial charge in [-0.15, -0.1) is 0 Å². The van der Waals surface area contributed by atoms with E-state index >= 15 is 0 Å². The van der Waals surface area contributed by atoms with E-state index in [1.165, 1.54) is 25.7 Å². The summed E-state index contributed by atoms with van der Waals surface area (Å²) < 4.78 is 0. The minimum absolute atomic E-state index is 0.910. The van der Waals surface area contributed by atoms with Crippen LogP contribution in [0.25, 0.3) is 0 Å². The zero-order valence-electron chi connectivity index (χ0n) is 6.73. The van der Waals surface area contributed by atoms with Crippen LogP contribution in [0.15, 0.2) is 0 Å². The van der Waals surface area contributed by atoms with Gasteiger partial charge >= 0.3 is 0 Å². The van der Waals surface area contributed by atoms with Gasteiger partial charge in [-0.3, -0.25) is 0 Å². The van der Waals surface area contributed by atoms with Crippen LogP contribution in [0.5, 0.6) is 0 Å². The molecule has 0 aliphatic rings. The lowest BCUT2D eigenvalue weighted by atomic mass is 10.1. The van der Waals surface area contributed by atoms with Gasteiger partial charge in [0.15, 0.2) is 0 Å². The second-order valence-corrected chi connectivity index (χ2v) is 2.52. The fourth-order valence-corrected chi connectivity index (χ4v) is 0.909. The highest BCUT2D eigenvalue weighted by molar-refractivity contribution is 5.49. The Morgan fingerprint density at radius 2 is 1.90 bits per heavy atom. The second-order valence-electron chi connectivity index (χ2n) is 2.52. The van der Waals surface area contributed by atoms with Crippen molar-refractivity contribution in [3.8, 4) is 0 Å². The summed E-state index contributed by atoms with van der Waals surface area (Å²) in [6.07, 6.45) is 8.80. The minimum Gasteiger partial charge on any atom is -0.626 e. The summed E-state index contributed by atoms with van der Waals surface area (Å²) in [7, 11) is 0. The van der Waals surface area contributed by atoms with Gasteiger partial charge in [-0.1, -0.05) is 32.6 Å². The summed E-state index contributed by atoms with van der Waals surface area (Å²) in [5.74, 6) is 0. The van der Waals surface area contributed by atoms with Crippen molar-refractivity contribution in [2.24, 2.45) is 0 Å². The van der Waals surface area contributed by atoms with Crippen LogP contribution >= 0.6 is 0 Å². The standard InChI is InChI=1S/C8H17NO/c1-2-3-4-5-6-7-8-9-10/h8-9H,2-7H2,1H3. The van der Waals surface area contributed by atoms with Crippen LogP contribution in [0.1, 0.15) is 45.4 Å². The molecular formula is C8H17NO. The van der Waals surface area contributed by atoms with Gasteiger partial charge in [-0.25, -0.2) is 5.16 Å². The molecule has 0 rings (SSSR count). The maximum Gasteiger partial charge on any atom is 0.148 e. The van der Waals surface area contributed by atoms with Crippen LogP contribution in [0.4, 0.5) is 0 Å². The molecule has 2 nitrogen and oxygen atoms in total. The van der Waals surface area contributed by atoms with Crippen molar-refractivity contribution in [3.05, 3.63) is 5.21 Å². The molecular weight excluding hydrogens is 126 g/mol. The first-order chi connectivity index (χ1) is 4.91. The van der Waals surface area contributed by atoms with Crippen LogP contribution in [0.2, 0.25) is 0 Å². The normalized spacial score (nSPS) is 10.9. The van der Waals surface area contributed by atoms with E-state index in [2.05, 4.69) is 6.92 Å². The molecule has 0 aromatic carbocycles. The fraction of sp³-hybridized carbons (Fsp3) is 0.875. The number of hydrogen-bond acceptors (Lipinski definition) is 1. The molecule has 0 radical (unpaired) electrons. The Bertz CT molecular complexity index is 81.3. The van der Waals surface area contributed by atoms with Gasteiger partial charge < -0.3 is 5.21 Å². The second kappa shape index (κ2) is 8.47. The molecule has 0 aliphatic heterocycles. The predicted molar refractivity (Wildman–Crippen MR) is 43.8 cm³/mol. The third kappa shape index (κ3) is 7.47. The molecule has 0 atom stereocenters. The Kier molecular flexibility index (Phi) is 8.02. The molecule has 0 saturated heterocycles. The van der Waals surface area contributed by atoms with Gasteiger partial charge in [0.2, 0.25) is 0 Å². The van der Waals surface area contributed by atoms with Crippen molar-refractivity contribution >= 4 is 6.21 Å². The van der Waals surface area contributed by atoms with Gasteiger partial charge in [0.1, 0.15) is 6.21 Å². The lowest BCUT2D eigenvalue weighted by Crippen LogP contribution is -2.60. The molecule has 2 heteroatoms. The molecule has 10 heavy (non-hydrogen) atoms. The number of nitrogens with one attached hydrogen (secondary N) is 1. The summed E-state index contributed by atoms with van der Waals surface area (Å²) in [6, 6.07) is 0. The van der Waals surface area contributed by atoms with Crippen molar-refractivity contribution in [2.45, 2.75) is 45.4 Å². The molecule has 0 aromatic heterocycles. The zero-order chi connectivity index (χ0) is 7.66. The van der Waals surface area contributed by atoms with Crippen LogP contribution in [0, 0.1) is 5.21 Å². The molecule has 0 saturated carbocycles. The predicted octanol–water partition coefficient (Wildman–Crippen LogP) is 0.996. The topological polar surface area (TPSA) is 37.0 Å². The lowest BCUT2D eigenvalue weighted by molar-refractivity contribution is -0.368. The molecule has 0 spiro atoms. The van der Waals surface area contributed by atoms with Gasteiger partial charge in [0.05, 0.1) is 0 Å². The molecule has 0 heterocycles. The van der Waals surface area contributed by atoms with Crippen LogP contribution in [-0.4, -0.2) is 6.21 Å². The molecule has 0 aliphatic carbocycles. The highest BCUT2D eigenvalue weighted by Gasteiger charge is 1.86. The van der Waals surface area contributed by atoms with Crippen molar-refractivity contribution in [3.63, 3.8) is 0 Å². The Morgan fingerprint density at radius 3 is 2.50 bits per heavy atom. The first kappa shape index (κ1) is 9.47. The Morgan fingerprint density at radius 1 is 1.20 bits per heavy atom. The molecule has 0 unspecified atom stereocenters. The van der Waals surface area contributed by atoms with Gasteiger partial charge in [0, 0.05) is 6.42 Å². The van der Waals surface area contributed by atoms with Gasteiger partial charge in [0.25, 0.3) is 0 Å². The van der Waals surface area contributed by atoms with E-state index in [0.29, 0.717) is 0 Å². The van der Waals surface area contributed by atoms with Crippen LogP contribution in [-0.2, 0) is 0 Å². The first-order valence-corrected chi connectivity index (χ1v) is 4.11. The summed E-state index contributed by atoms with van der Waals surface area (Å²) in [4.78, 5) is 0. The number of hydrogen-bond donors (Lipinski definition) is 1. The molecule has 0 fully saturated rings. The summed E-state index contributed by atoms with van der Waals surface area (Å²) >= 11 is 0. The molecule has 0 amide bonds. The van der Waals surface area contributed by atoms with Gasteiger partial charge in [-0.2, -0.15) is 0 Å². The third-order valence-electron chi connectivity index (χ3n) is 1.54.